The third-order valence-electron chi connectivity index (χ3n) is 10.7. The highest BCUT2D eigenvalue weighted by molar-refractivity contribution is 5.91. The maximum atomic E-state index is 12.8. The third kappa shape index (κ3) is 10.9. The lowest BCUT2D eigenvalue weighted by molar-refractivity contribution is -0.122. The van der Waals surface area contributed by atoms with Crippen molar-refractivity contribution in [1.82, 2.24) is 20.5 Å². The van der Waals surface area contributed by atoms with Crippen LogP contribution in [-0.2, 0) is 9.53 Å². The number of likely N-dealkylation sites (tertiary alicyclic amines) is 1. The number of benzene rings is 3. The number of para-hydroxylation sites is 1. The van der Waals surface area contributed by atoms with Crippen molar-refractivity contribution in [1.29, 1.82) is 0 Å². The number of ether oxygens (including phenoxy) is 1. The number of fused-ring (bicyclic) bond motifs is 1. The number of pyridine rings is 1. The topological polar surface area (TPSA) is 156 Å². The summed E-state index contributed by atoms with van der Waals surface area (Å²) in [6.45, 7) is 3.91. The van der Waals surface area contributed by atoms with Crippen molar-refractivity contribution in [3.05, 3.63) is 94.8 Å². The second-order valence-corrected chi connectivity index (χ2v) is 14.5. The first-order chi connectivity index (χ1) is 25.8. The van der Waals surface area contributed by atoms with E-state index >= 15 is 0 Å². The van der Waals surface area contributed by atoms with Crippen LogP contribution in [0.5, 0.6) is 5.75 Å². The fourth-order valence-electron chi connectivity index (χ4n) is 7.70. The fourth-order valence-corrected chi connectivity index (χ4v) is 7.70. The molecule has 4 aromatic rings. The summed E-state index contributed by atoms with van der Waals surface area (Å²) in [6, 6.07) is 24.2. The van der Waals surface area contributed by atoms with Crippen LogP contribution in [0.15, 0.2) is 83.7 Å². The third-order valence-corrected chi connectivity index (χ3v) is 10.7. The van der Waals surface area contributed by atoms with E-state index in [1.54, 1.807) is 12.1 Å². The number of H-pyrrole nitrogens is 1. The van der Waals surface area contributed by atoms with Gasteiger partial charge in [0.2, 0.25) is 11.5 Å². The van der Waals surface area contributed by atoms with E-state index in [1.807, 2.05) is 54.6 Å². The Labute approximate surface area is 311 Å². The molecule has 0 spiro atoms. The van der Waals surface area contributed by atoms with Gasteiger partial charge in [0.15, 0.2) is 0 Å². The molecule has 11 heteroatoms. The van der Waals surface area contributed by atoms with Gasteiger partial charge in [-0.25, -0.2) is 4.79 Å². The van der Waals surface area contributed by atoms with Crippen LogP contribution in [0.4, 0.5) is 10.5 Å². The largest absolute Gasteiger partial charge is 0.506 e. The molecule has 3 aromatic carbocycles. The van der Waals surface area contributed by atoms with Gasteiger partial charge in [0, 0.05) is 49.1 Å². The lowest BCUT2D eigenvalue weighted by atomic mass is 9.84. The molecule has 2 aliphatic rings. The molecule has 1 saturated carbocycles. The molecule has 2 fully saturated rings. The van der Waals surface area contributed by atoms with Crippen molar-refractivity contribution < 1.29 is 24.5 Å². The van der Waals surface area contributed by atoms with Gasteiger partial charge >= 0.3 is 6.09 Å². The second kappa shape index (κ2) is 18.9. The molecule has 11 nitrogen and oxygen atoms in total. The van der Waals surface area contributed by atoms with E-state index in [4.69, 9.17) is 4.74 Å². The summed E-state index contributed by atoms with van der Waals surface area (Å²) in [5.41, 5.74) is 3.40. The molecule has 1 aliphatic heterocycles. The van der Waals surface area contributed by atoms with Crippen molar-refractivity contribution in [3.63, 3.8) is 0 Å². The monoisotopic (exact) mass is 723 g/mol. The van der Waals surface area contributed by atoms with Gasteiger partial charge in [0.25, 0.3) is 0 Å². The fraction of sp³-hybridized carbons (Fsp3) is 0.452. The van der Waals surface area contributed by atoms with Crippen molar-refractivity contribution in [2.24, 2.45) is 5.92 Å². The second-order valence-electron chi connectivity index (χ2n) is 14.5. The van der Waals surface area contributed by atoms with Gasteiger partial charge < -0.3 is 35.5 Å². The van der Waals surface area contributed by atoms with Crippen molar-refractivity contribution >= 4 is 28.6 Å². The highest BCUT2D eigenvalue weighted by Crippen LogP contribution is 2.30. The van der Waals surface area contributed by atoms with Crippen LogP contribution in [0, 0.1) is 5.92 Å². The molecule has 1 aromatic heterocycles. The van der Waals surface area contributed by atoms with Gasteiger partial charge in [-0.3, -0.25) is 14.9 Å². The Balaban J connectivity index is 0.798. The van der Waals surface area contributed by atoms with Crippen LogP contribution in [0.1, 0.15) is 75.9 Å². The molecule has 0 bridgehead atoms. The zero-order chi connectivity index (χ0) is 37.0. The number of nitrogens with one attached hydrogen (secondary N) is 4. The summed E-state index contributed by atoms with van der Waals surface area (Å²) in [7, 11) is 0. The molecule has 282 valence electrons. The summed E-state index contributed by atoms with van der Waals surface area (Å²) in [5, 5.41) is 30.8. The molecule has 2 heterocycles. The molecule has 6 N–H and O–H groups in total. The number of nitrogens with zero attached hydrogens (tertiary/aromatic N) is 1. The lowest BCUT2D eigenvalue weighted by Crippen LogP contribution is -2.40. The number of hydrogen-bond donors (Lipinski definition) is 6. The Morgan fingerprint density at radius 1 is 0.887 bits per heavy atom. The average molecular weight is 724 g/mol. The van der Waals surface area contributed by atoms with E-state index in [0.717, 1.165) is 94.2 Å². The highest BCUT2D eigenvalue weighted by Gasteiger charge is 2.26. The number of amides is 2. The number of hydrogen-bond acceptors (Lipinski definition) is 8. The first-order valence-electron chi connectivity index (χ1n) is 19.2. The number of phenols is 1. The van der Waals surface area contributed by atoms with E-state index in [1.165, 1.54) is 12.1 Å². The molecule has 53 heavy (non-hydrogen) atoms. The van der Waals surface area contributed by atoms with Crippen LogP contribution < -0.4 is 21.5 Å². The standard InChI is InChI=1S/C42H53N5O6/c48-37-19-17-34(35-18-20-40(51)46-41(35)37)38(49)28-43-24-7-6-12-39(50)44-31-15-13-29(14-16-31)21-25-47-26-22-32(23-27-47)53-42(52)45-36-11-5-4-10-33(36)30-8-2-1-3-9-30/h1-5,8-11,17-20,29,31-32,38,43,48-49H,6-7,12-16,21-28H2,(H,44,50)(H,45,52)(H,46,51). The number of aromatic nitrogens is 1. The van der Waals surface area contributed by atoms with Gasteiger partial charge in [-0.1, -0.05) is 54.6 Å². The summed E-state index contributed by atoms with van der Waals surface area (Å²) in [5.74, 6) is 0.752. The Hall–Kier alpha value is -4.71. The first-order valence-corrected chi connectivity index (χ1v) is 19.2. The number of aromatic hydroxyl groups is 1. The van der Waals surface area contributed by atoms with Crippen LogP contribution in [-0.4, -0.2) is 77.0 Å². The minimum atomic E-state index is -0.802. The van der Waals surface area contributed by atoms with Gasteiger partial charge in [-0.05, 0) is 106 Å². The van der Waals surface area contributed by atoms with E-state index in [2.05, 4.69) is 25.8 Å². The normalized spacial score (nSPS) is 18.7. The maximum Gasteiger partial charge on any atom is 0.411 e. The lowest BCUT2D eigenvalue weighted by Gasteiger charge is -2.34. The predicted octanol–water partition coefficient (Wildman–Crippen LogP) is 6.47. The summed E-state index contributed by atoms with van der Waals surface area (Å²) < 4.78 is 5.82. The molecule has 1 aliphatic carbocycles. The number of rotatable bonds is 15. The smallest absolute Gasteiger partial charge is 0.411 e. The Morgan fingerprint density at radius 3 is 2.43 bits per heavy atom. The number of unbranched alkanes of at least 4 members (excludes halogenated alkanes) is 1. The van der Waals surface area contributed by atoms with Crippen molar-refractivity contribution in [2.45, 2.75) is 82.5 Å². The number of aliphatic hydroxyl groups excluding tert-OH is 1. The van der Waals surface area contributed by atoms with Gasteiger partial charge in [-0.2, -0.15) is 0 Å². The number of phenolic OH excluding ortho intramolecular Hbond substituents is 1. The molecule has 1 atom stereocenters. The zero-order valence-electron chi connectivity index (χ0n) is 30.4. The molecule has 1 saturated heterocycles. The van der Waals surface area contributed by atoms with Crippen molar-refractivity contribution in [2.75, 3.05) is 38.0 Å². The Bertz CT molecular complexity index is 1850. The first kappa shape index (κ1) is 38.0. The van der Waals surface area contributed by atoms with E-state index < -0.39 is 12.2 Å². The number of aromatic amines is 1. The Morgan fingerprint density at radius 2 is 1.64 bits per heavy atom. The quantitative estimate of drug-likeness (QED) is 0.0763. The van der Waals surface area contributed by atoms with Crippen LogP contribution >= 0.6 is 0 Å². The molecule has 2 amide bonds. The van der Waals surface area contributed by atoms with Crippen LogP contribution in [0.25, 0.3) is 22.0 Å². The minimum Gasteiger partial charge on any atom is -0.506 e. The number of aliphatic hydroxyl groups is 1. The summed E-state index contributed by atoms with van der Waals surface area (Å²) >= 11 is 0. The molecular formula is C42H53N5O6. The maximum absolute atomic E-state index is 12.8. The number of anilines is 1. The summed E-state index contributed by atoms with van der Waals surface area (Å²) in [4.78, 5) is 42.2. The minimum absolute atomic E-state index is 0.0331. The van der Waals surface area contributed by atoms with Crippen LogP contribution in [0.2, 0.25) is 0 Å². The highest BCUT2D eigenvalue weighted by atomic mass is 16.6. The van der Waals surface area contributed by atoms with Crippen LogP contribution in [0.3, 0.4) is 0 Å². The zero-order valence-corrected chi connectivity index (χ0v) is 30.4. The van der Waals surface area contributed by atoms with E-state index in [0.29, 0.717) is 41.9 Å². The Kier molecular flexibility index (Phi) is 13.5. The summed E-state index contributed by atoms with van der Waals surface area (Å²) in [6.07, 6.45) is 7.94. The van der Waals surface area contributed by atoms with Crippen molar-refractivity contribution in [3.8, 4) is 16.9 Å². The predicted molar refractivity (Wildman–Crippen MR) is 208 cm³/mol. The SMILES string of the molecule is O=C(CCCCNCC(O)c1ccc(O)c2[nH]c(=O)ccc12)NC1CCC(CCN2CCC(OC(=O)Nc3ccccc3-c3ccccc3)CC2)CC1. The van der Waals surface area contributed by atoms with E-state index in [-0.39, 0.29) is 29.4 Å². The average Bonchev–Trinajstić information content (AvgIpc) is 3.17. The number of carbonyl (C=O) groups excluding carboxylic acids is 2. The molecule has 1 unspecified atom stereocenters. The number of piperidine rings is 1. The molecule has 6 rings (SSSR count). The van der Waals surface area contributed by atoms with E-state index in [9.17, 15) is 24.6 Å². The number of carbonyl (C=O) groups is 2. The van der Waals surface area contributed by atoms with Gasteiger partial charge in [0.05, 0.1) is 17.3 Å². The molecule has 0 radical (unpaired) electrons. The van der Waals surface area contributed by atoms with Gasteiger partial charge in [0.1, 0.15) is 11.9 Å². The molecular weight excluding hydrogens is 670 g/mol. The van der Waals surface area contributed by atoms with Gasteiger partial charge in [-0.15, -0.1) is 0 Å².